The molecule has 0 aliphatic carbocycles. The highest BCUT2D eigenvalue weighted by atomic mass is 16.2. The zero-order chi connectivity index (χ0) is 15.4. The van der Waals surface area contributed by atoms with Crippen molar-refractivity contribution >= 4 is 17.3 Å². The van der Waals surface area contributed by atoms with Gasteiger partial charge in [-0.15, -0.1) is 0 Å². The Labute approximate surface area is 127 Å². The highest BCUT2D eigenvalue weighted by molar-refractivity contribution is 5.96. The summed E-state index contributed by atoms with van der Waals surface area (Å²) >= 11 is 0. The van der Waals surface area contributed by atoms with Crippen LogP contribution in [0, 0.1) is 0 Å². The van der Waals surface area contributed by atoms with Crippen molar-refractivity contribution in [2.45, 2.75) is 45.1 Å². The summed E-state index contributed by atoms with van der Waals surface area (Å²) in [4.78, 5) is 16.8. The fourth-order valence-electron chi connectivity index (χ4n) is 3.16. The normalized spacial score (nSPS) is 18.6. The zero-order valence-electron chi connectivity index (χ0n) is 13.4. The Morgan fingerprint density at radius 2 is 2.14 bits per heavy atom. The summed E-state index contributed by atoms with van der Waals surface area (Å²) < 4.78 is 0. The number of amides is 1. The smallest absolute Gasteiger partial charge is 0.254 e. The summed E-state index contributed by atoms with van der Waals surface area (Å²) in [6, 6.07) is 6.04. The van der Waals surface area contributed by atoms with Gasteiger partial charge in [0.15, 0.2) is 0 Å². The fourth-order valence-corrected chi connectivity index (χ4v) is 3.16. The predicted octanol–water partition coefficient (Wildman–Crippen LogP) is 3.13. The first-order chi connectivity index (χ1) is 10.0. The molecule has 0 spiro atoms. The molecule has 116 valence electrons. The number of likely N-dealkylation sites (tertiary alicyclic amines) is 1. The van der Waals surface area contributed by atoms with Crippen LogP contribution in [0.2, 0.25) is 0 Å². The van der Waals surface area contributed by atoms with E-state index < -0.39 is 0 Å². The van der Waals surface area contributed by atoms with Crippen LogP contribution in [0.25, 0.3) is 0 Å². The second-order valence-corrected chi connectivity index (χ2v) is 6.10. The number of nitrogens with two attached hydrogens (primary N) is 1. The Morgan fingerprint density at radius 1 is 1.38 bits per heavy atom. The minimum absolute atomic E-state index is 0.130. The molecule has 1 atom stereocenters. The number of rotatable bonds is 4. The van der Waals surface area contributed by atoms with Crippen molar-refractivity contribution in [3.63, 3.8) is 0 Å². The van der Waals surface area contributed by atoms with Gasteiger partial charge in [0.1, 0.15) is 0 Å². The number of hydrogen-bond donors (Lipinski definition) is 1. The molecular formula is C17H27N3O. The molecule has 0 bridgehead atoms. The minimum atomic E-state index is 0.130. The average Bonchev–Trinajstić information content (AvgIpc) is 2.47. The van der Waals surface area contributed by atoms with Gasteiger partial charge >= 0.3 is 0 Å². The van der Waals surface area contributed by atoms with Crippen molar-refractivity contribution in [1.29, 1.82) is 0 Å². The van der Waals surface area contributed by atoms with Gasteiger partial charge in [-0.2, -0.15) is 0 Å². The van der Waals surface area contributed by atoms with E-state index >= 15 is 0 Å². The monoisotopic (exact) mass is 289 g/mol. The SMILES string of the molecule is CCCC1CCCCN1C(=O)c1ccc(N(C)C)c(N)c1. The number of anilines is 2. The van der Waals surface area contributed by atoms with Crippen molar-refractivity contribution in [2.24, 2.45) is 0 Å². The molecule has 1 aromatic rings. The molecule has 0 radical (unpaired) electrons. The van der Waals surface area contributed by atoms with Crippen LogP contribution in [0.5, 0.6) is 0 Å². The molecule has 1 saturated heterocycles. The third-order valence-corrected chi connectivity index (χ3v) is 4.27. The standard InChI is InChI=1S/C17H27N3O/c1-4-7-14-8-5-6-11-20(14)17(21)13-9-10-16(19(2)3)15(18)12-13/h9-10,12,14H,4-8,11,18H2,1-3H3. The van der Waals surface area contributed by atoms with Gasteiger partial charge in [0.05, 0.1) is 11.4 Å². The lowest BCUT2D eigenvalue weighted by molar-refractivity contribution is 0.0601. The lowest BCUT2D eigenvalue weighted by Crippen LogP contribution is -2.43. The van der Waals surface area contributed by atoms with Crippen LogP contribution in [0.15, 0.2) is 18.2 Å². The van der Waals surface area contributed by atoms with Crippen molar-refractivity contribution in [3.05, 3.63) is 23.8 Å². The molecular weight excluding hydrogens is 262 g/mol. The number of benzene rings is 1. The van der Waals surface area contributed by atoms with Gasteiger partial charge < -0.3 is 15.5 Å². The Bertz CT molecular complexity index is 497. The molecule has 0 aromatic heterocycles. The number of carbonyl (C=O) groups is 1. The van der Waals surface area contributed by atoms with Crippen molar-refractivity contribution in [3.8, 4) is 0 Å². The van der Waals surface area contributed by atoms with Gasteiger partial charge in [0.2, 0.25) is 0 Å². The van der Waals surface area contributed by atoms with E-state index in [0.29, 0.717) is 17.3 Å². The third-order valence-electron chi connectivity index (χ3n) is 4.27. The lowest BCUT2D eigenvalue weighted by atomic mass is 9.97. The van der Waals surface area contributed by atoms with Crippen LogP contribution < -0.4 is 10.6 Å². The zero-order valence-corrected chi connectivity index (χ0v) is 13.4. The van der Waals surface area contributed by atoms with Gasteiger partial charge in [-0.1, -0.05) is 13.3 Å². The van der Waals surface area contributed by atoms with E-state index in [1.165, 1.54) is 6.42 Å². The minimum Gasteiger partial charge on any atom is -0.397 e. The number of piperidine rings is 1. The molecule has 21 heavy (non-hydrogen) atoms. The Hall–Kier alpha value is -1.71. The van der Waals surface area contributed by atoms with Crippen LogP contribution in [0.4, 0.5) is 11.4 Å². The topological polar surface area (TPSA) is 49.6 Å². The van der Waals surface area contributed by atoms with Gasteiger partial charge in [-0.25, -0.2) is 0 Å². The second kappa shape index (κ2) is 6.83. The van der Waals surface area contributed by atoms with Gasteiger partial charge in [-0.05, 0) is 43.9 Å². The molecule has 1 fully saturated rings. The molecule has 1 aliphatic heterocycles. The van der Waals surface area contributed by atoms with Crippen LogP contribution >= 0.6 is 0 Å². The largest absolute Gasteiger partial charge is 0.397 e. The molecule has 2 rings (SSSR count). The van der Waals surface area contributed by atoms with Gasteiger partial charge in [0, 0.05) is 32.2 Å². The summed E-state index contributed by atoms with van der Waals surface area (Å²) in [7, 11) is 3.91. The molecule has 4 nitrogen and oxygen atoms in total. The molecule has 1 aromatic carbocycles. The first kappa shape index (κ1) is 15.7. The van der Waals surface area contributed by atoms with E-state index in [1.54, 1.807) is 0 Å². The maximum absolute atomic E-state index is 12.8. The van der Waals surface area contributed by atoms with Crippen LogP contribution in [0.3, 0.4) is 0 Å². The summed E-state index contributed by atoms with van der Waals surface area (Å²) in [6.07, 6.45) is 5.69. The molecule has 1 unspecified atom stereocenters. The van der Waals surface area contributed by atoms with Crippen molar-refractivity contribution in [2.75, 3.05) is 31.3 Å². The maximum Gasteiger partial charge on any atom is 0.254 e. The molecule has 1 heterocycles. The van der Waals surface area contributed by atoms with Crippen molar-refractivity contribution < 1.29 is 4.79 Å². The molecule has 1 amide bonds. The van der Waals surface area contributed by atoms with E-state index in [9.17, 15) is 4.79 Å². The Kier molecular flexibility index (Phi) is 5.10. The maximum atomic E-state index is 12.8. The molecule has 4 heteroatoms. The van der Waals surface area contributed by atoms with Gasteiger partial charge in [0.25, 0.3) is 5.91 Å². The van der Waals surface area contributed by atoms with Crippen molar-refractivity contribution in [1.82, 2.24) is 4.90 Å². The van der Waals surface area contributed by atoms with Crippen LogP contribution in [-0.4, -0.2) is 37.5 Å². The van der Waals surface area contributed by atoms with E-state index in [4.69, 9.17) is 5.73 Å². The summed E-state index contributed by atoms with van der Waals surface area (Å²) in [6.45, 7) is 3.06. The number of hydrogen-bond acceptors (Lipinski definition) is 3. The highest BCUT2D eigenvalue weighted by Crippen LogP contribution is 2.26. The number of nitrogens with zero attached hydrogens (tertiary/aromatic N) is 2. The first-order valence-electron chi connectivity index (χ1n) is 7.92. The average molecular weight is 289 g/mol. The summed E-state index contributed by atoms with van der Waals surface area (Å²) in [5, 5.41) is 0. The van der Waals surface area contributed by atoms with E-state index in [-0.39, 0.29) is 5.91 Å². The number of carbonyl (C=O) groups excluding carboxylic acids is 1. The Balaban J connectivity index is 2.20. The molecule has 2 N–H and O–H groups in total. The lowest BCUT2D eigenvalue weighted by Gasteiger charge is -2.36. The van der Waals surface area contributed by atoms with Gasteiger partial charge in [-0.3, -0.25) is 4.79 Å². The summed E-state index contributed by atoms with van der Waals surface area (Å²) in [5.41, 5.74) is 8.40. The molecule has 0 saturated carbocycles. The second-order valence-electron chi connectivity index (χ2n) is 6.10. The highest BCUT2D eigenvalue weighted by Gasteiger charge is 2.27. The summed E-state index contributed by atoms with van der Waals surface area (Å²) in [5.74, 6) is 0.130. The number of nitrogen functional groups attached to an aromatic ring is 1. The van der Waals surface area contributed by atoms with E-state index in [1.807, 2.05) is 37.2 Å². The van der Waals surface area contributed by atoms with Crippen LogP contribution in [-0.2, 0) is 0 Å². The predicted molar refractivity (Wildman–Crippen MR) is 88.8 cm³/mol. The molecule has 1 aliphatic rings. The fraction of sp³-hybridized carbons (Fsp3) is 0.588. The quantitative estimate of drug-likeness (QED) is 0.866. The van der Waals surface area contributed by atoms with E-state index in [0.717, 1.165) is 37.9 Å². The van der Waals surface area contributed by atoms with Crippen LogP contribution in [0.1, 0.15) is 49.4 Å². The Morgan fingerprint density at radius 3 is 2.76 bits per heavy atom. The first-order valence-corrected chi connectivity index (χ1v) is 7.92. The van der Waals surface area contributed by atoms with E-state index in [2.05, 4.69) is 11.8 Å². The third kappa shape index (κ3) is 3.49.